The number of benzene rings is 1. The maximum absolute atomic E-state index is 10.7. The highest BCUT2D eigenvalue weighted by Gasteiger charge is 2.11. The van der Waals surface area contributed by atoms with Crippen LogP contribution in [0.2, 0.25) is 0 Å². The summed E-state index contributed by atoms with van der Waals surface area (Å²) >= 11 is 0. The molecule has 1 saturated heterocycles. The fraction of sp³-hybridized carbons (Fsp3) is 0.571. The van der Waals surface area contributed by atoms with E-state index < -0.39 is 0 Å². The molecule has 6 heteroatoms. The van der Waals surface area contributed by atoms with Crippen molar-refractivity contribution in [3.05, 3.63) is 39.9 Å². The summed E-state index contributed by atoms with van der Waals surface area (Å²) < 4.78 is 5.32. The van der Waals surface area contributed by atoms with Gasteiger partial charge in [-0.2, -0.15) is 0 Å². The number of nitrogens with zero attached hydrogens (tertiary/aromatic N) is 3. The first-order valence-corrected chi connectivity index (χ1v) is 6.87. The molecule has 0 unspecified atom stereocenters. The number of hydrogen-bond donors (Lipinski definition) is 0. The minimum absolute atomic E-state index is 0.157. The Morgan fingerprint density at radius 2 is 2.15 bits per heavy atom. The van der Waals surface area contributed by atoms with E-state index in [1.54, 1.807) is 12.1 Å². The third kappa shape index (κ3) is 4.56. The van der Waals surface area contributed by atoms with Crippen LogP contribution < -0.4 is 0 Å². The third-order valence-corrected chi connectivity index (χ3v) is 3.48. The zero-order chi connectivity index (χ0) is 14.4. The molecule has 0 radical (unpaired) electrons. The van der Waals surface area contributed by atoms with Crippen LogP contribution in [0.15, 0.2) is 24.3 Å². The van der Waals surface area contributed by atoms with E-state index >= 15 is 0 Å². The molecule has 110 valence electrons. The van der Waals surface area contributed by atoms with Gasteiger partial charge < -0.3 is 9.64 Å². The van der Waals surface area contributed by atoms with Crippen LogP contribution >= 0.6 is 0 Å². The fourth-order valence-corrected chi connectivity index (χ4v) is 2.30. The van der Waals surface area contributed by atoms with Gasteiger partial charge in [0.2, 0.25) is 0 Å². The number of likely N-dealkylation sites (N-methyl/N-ethyl adjacent to an activating group) is 1. The monoisotopic (exact) mass is 279 g/mol. The summed E-state index contributed by atoms with van der Waals surface area (Å²) in [4.78, 5) is 15.0. The topological polar surface area (TPSA) is 58.8 Å². The molecular weight excluding hydrogens is 258 g/mol. The van der Waals surface area contributed by atoms with Gasteiger partial charge in [-0.15, -0.1) is 0 Å². The average Bonchev–Trinajstić information content (AvgIpc) is 2.46. The Morgan fingerprint density at radius 3 is 2.85 bits per heavy atom. The Labute approximate surface area is 119 Å². The molecule has 1 heterocycles. The lowest BCUT2D eigenvalue weighted by atomic mass is 10.2. The second kappa shape index (κ2) is 7.33. The molecule has 0 spiro atoms. The lowest BCUT2D eigenvalue weighted by Crippen LogP contribution is -2.40. The van der Waals surface area contributed by atoms with Gasteiger partial charge >= 0.3 is 0 Å². The van der Waals surface area contributed by atoms with Gasteiger partial charge in [0.15, 0.2) is 0 Å². The SMILES string of the molecule is CN(CCN1CCOCC1)Cc1cccc([N+](=O)[O-])c1. The van der Waals surface area contributed by atoms with E-state index in [4.69, 9.17) is 4.74 Å². The van der Waals surface area contributed by atoms with Gasteiger partial charge in [-0.1, -0.05) is 12.1 Å². The smallest absolute Gasteiger partial charge is 0.269 e. The zero-order valence-electron chi connectivity index (χ0n) is 11.8. The highest BCUT2D eigenvalue weighted by Crippen LogP contribution is 2.14. The van der Waals surface area contributed by atoms with E-state index in [0.717, 1.165) is 51.5 Å². The van der Waals surface area contributed by atoms with Gasteiger partial charge in [0, 0.05) is 44.9 Å². The highest BCUT2D eigenvalue weighted by atomic mass is 16.6. The Kier molecular flexibility index (Phi) is 5.46. The normalized spacial score (nSPS) is 16.5. The van der Waals surface area contributed by atoms with E-state index in [-0.39, 0.29) is 10.6 Å². The number of morpholine rings is 1. The van der Waals surface area contributed by atoms with Crippen molar-refractivity contribution in [2.24, 2.45) is 0 Å². The molecule has 0 N–H and O–H groups in total. The lowest BCUT2D eigenvalue weighted by molar-refractivity contribution is -0.384. The number of nitro groups is 1. The molecule has 20 heavy (non-hydrogen) atoms. The van der Waals surface area contributed by atoms with Crippen molar-refractivity contribution in [2.75, 3.05) is 46.4 Å². The minimum Gasteiger partial charge on any atom is -0.379 e. The lowest BCUT2D eigenvalue weighted by Gasteiger charge is -2.28. The summed E-state index contributed by atoms with van der Waals surface area (Å²) in [6, 6.07) is 6.84. The average molecular weight is 279 g/mol. The van der Waals surface area contributed by atoms with Crippen LogP contribution in [-0.4, -0.2) is 61.2 Å². The van der Waals surface area contributed by atoms with Crippen molar-refractivity contribution in [1.29, 1.82) is 0 Å². The number of hydrogen-bond acceptors (Lipinski definition) is 5. The van der Waals surface area contributed by atoms with Crippen molar-refractivity contribution in [1.82, 2.24) is 9.80 Å². The van der Waals surface area contributed by atoms with E-state index in [1.807, 2.05) is 13.1 Å². The zero-order valence-corrected chi connectivity index (χ0v) is 11.8. The van der Waals surface area contributed by atoms with Crippen LogP contribution in [0, 0.1) is 10.1 Å². The third-order valence-electron chi connectivity index (χ3n) is 3.48. The predicted molar refractivity (Wildman–Crippen MR) is 76.7 cm³/mol. The standard InChI is InChI=1S/C14H21N3O3/c1-15(5-6-16-7-9-20-10-8-16)12-13-3-2-4-14(11-13)17(18)19/h2-4,11H,5-10,12H2,1H3. The first-order chi connectivity index (χ1) is 9.65. The van der Waals surface area contributed by atoms with E-state index in [0.29, 0.717) is 0 Å². The molecular formula is C14H21N3O3. The van der Waals surface area contributed by atoms with Gasteiger partial charge in [-0.3, -0.25) is 15.0 Å². The summed E-state index contributed by atoms with van der Waals surface area (Å²) in [5.74, 6) is 0. The number of non-ortho nitro benzene ring substituents is 1. The summed E-state index contributed by atoms with van der Waals surface area (Å²) in [5, 5.41) is 10.7. The van der Waals surface area contributed by atoms with Crippen LogP contribution in [0.25, 0.3) is 0 Å². The molecule has 1 fully saturated rings. The van der Waals surface area contributed by atoms with Gasteiger partial charge in [-0.05, 0) is 12.6 Å². The first-order valence-electron chi connectivity index (χ1n) is 6.87. The fourth-order valence-electron chi connectivity index (χ4n) is 2.30. The number of nitro benzene ring substituents is 1. The molecule has 1 aliphatic rings. The Hall–Kier alpha value is -1.50. The Morgan fingerprint density at radius 1 is 1.40 bits per heavy atom. The molecule has 0 bridgehead atoms. The van der Waals surface area contributed by atoms with Crippen molar-refractivity contribution in [2.45, 2.75) is 6.54 Å². The highest BCUT2D eigenvalue weighted by molar-refractivity contribution is 5.34. The molecule has 2 rings (SSSR count). The molecule has 0 aliphatic carbocycles. The predicted octanol–water partition coefficient (Wildman–Crippen LogP) is 1.36. The van der Waals surface area contributed by atoms with Crippen LogP contribution in [0.4, 0.5) is 5.69 Å². The van der Waals surface area contributed by atoms with Crippen LogP contribution in [0.3, 0.4) is 0 Å². The second-order valence-electron chi connectivity index (χ2n) is 5.12. The molecule has 6 nitrogen and oxygen atoms in total. The van der Waals surface area contributed by atoms with Crippen LogP contribution in [-0.2, 0) is 11.3 Å². The van der Waals surface area contributed by atoms with Crippen molar-refractivity contribution in [3.8, 4) is 0 Å². The van der Waals surface area contributed by atoms with Crippen molar-refractivity contribution in [3.63, 3.8) is 0 Å². The van der Waals surface area contributed by atoms with Crippen LogP contribution in [0.5, 0.6) is 0 Å². The van der Waals surface area contributed by atoms with E-state index in [9.17, 15) is 10.1 Å². The summed E-state index contributed by atoms with van der Waals surface area (Å²) in [7, 11) is 2.04. The van der Waals surface area contributed by atoms with Crippen molar-refractivity contribution < 1.29 is 9.66 Å². The number of ether oxygens (including phenoxy) is 1. The Bertz CT molecular complexity index is 447. The summed E-state index contributed by atoms with van der Waals surface area (Å²) in [6.07, 6.45) is 0. The molecule has 1 aromatic carbocycles. The van der Waals surface area contributed by atoms with Gasteiger partial charge in [-0.25, -0.2) is 0 Å². The van der Waals surface area contributed by atoms with Gasteiger partial charge in [0.05, 0.1) is 18.1 Å². The van der Waals surface area contributed by atoms with Gasteiger partial charge in [0.1, 0.15) is 0 Å². The second-order valence-corrected chi connectivity index (χ2v) is 5.12. The molecule has 1 aromatic rings. The molecule has 0 atom stereocenters. The number of rotatable bonds is 6. The minimum atomic E-state index is -0.350. The van der Waals surface area contributed by atoms with Crippen molar-refractivity contribution >= 4 is 5.69 Å². The first kappa shape index (κ1) is 14.9. The largest absolute Gasteiger partial charge is 0.379 e. The van der Waals surface area contributed by atoms with E-state index in [1.165, 1.54) is 6.07 Å². The summed E-state index contributed by atoms with van der Waals surface area (Å²) in [5.41, 5.74) is 1.13. The maximum Gasteiger partial charge on any atom is 0.269 e. The quantitative estimate of drug-likeness (QED) is 0.581. The maximum atomic E-state index is 10.7. The Balaban J connectivity index is 1.79. The van der Waals surface area contributed by atoms with E-state index in [2.05, 4.69) is 9.80 Å². The van der Waals surface area contributed by atoms with Gasteiger partial charge in [0.25, 0.3) is 5.69 Å². The summed E-state index contributed by atoms with van der Waals surface area (Å²) in [6.45, 7) is 6.29. The molecule has 1 aliphatic heterocycles. The molecule has 0 saturated carbocycles. The molecule has 0 aromatic heterocycles. The van der Waals surface area contributed by atoms with Crippen LogP contribution in [0.1, 0.15) is 5.56 Å². The molecule has 0 amide bonds.